The summed E-state index contributed by atoms with van der Waals surface area (Å²) in [5, 5.41) is 26.2. The highest BCUT2D eigenvalue weighted by molar-refractivity contribution is 6.32. The van der Waals surface area contributed by atoms with Gasteiger partial charge in [0, 0.05) is 24.1 Å². The first-order valence-electron chi connectivity index (χ1n) is 14.5. The number of methoxy groups -OCH3 is 1. The van der Waals surface area contributed by atoms with Crippen LogP contribution < -0.4 is 15.8 Å². The minimum Gasteiger partial charge on any atom is -0.507 e. The third-order valence-corrected chi connectivity index (χ3v) is 9.67. The average Bonchev–Trinajstić information content (AvgIpc) is 3.78. The molecule has 6 rings (SSSR count). The van der Waals surface area contributed by atoms with Crippen molar-refractivity contribution in [3.8, 4) is 22.6 Å². The van der Waals surface area contributed by atoms with E-state index in [2.05, 4.69) is 5.32 Å². The van der Waals surface area contributed by atoms with Crippen LogP contribution >= 0.6 is 0 Å². The van der Waals surface area contributed by atoms with Crippen molar-refractivity contribution in [1.29, 1.82) is 0 Å². The Labute approximate surface area is 248 Å². The van der Waals surface area contributed by atoms with Crippen LogP contribution in [-0.2, 0) is 32.1 Å². The topological polar surface area (TPSA) is 176 Å². The van der Waals surface area contributed by atoms with Crippen LogP contribution in [-0.4, -0.2) is 83.0 Å². The lowest BCUT2D eigenvalue weighted by atomic mass is 9.52. The number of phenols is 1. The zero-order valence-corrected chi connectivity index (χ0v) is 24.3. The standard InChI is InChI=1S/C32H35N3O8/c1-35(2)26-20-12-15-11-19-17(18-10-14(4-9-22(18)43-3)13-34-16-5-6-16)7-8-21(36)24(19)27(37)23(15)29(39)32(20,42)30(40)25(28(26)38)31(33)41/h4,7-10,15-16,20,23,25-26,34,36,42H,5-6,11-13H2,1-3H3,(H2,33,41)/t15-,20-,23?,25?,26-,32-/m0/s1. The molecule has 11 heteroatoms. The van der Waals surface area contributed by atoms with Crippen LogP contribution in [0.1, 0.15) is 40.7 Å². The minimum atomic E-state index is -2.75. The minimum absolute atomic E-state index is 0.0124. The fourth-order valence-corrected chi connectivity index (χ4v) is 7.48. The lowest BCUT2D eigenvalue weighted by molar-refractivity contribution is -0.181. The number of primary amides is 1. The number of nitrogens with zero attached hydrogens (tertiary/aromatic N) is 1. The van der Waals surface area contributed by atoms with Crippen molar-refractivity contribution in [2.45, 2.75) is 49.9 Å². The summed E-state index contributed by atoms with van der Waals surface area (Å²) >= 11 is 0. The molecular formula is C32H35N3O8. The normalized spacial score (nSPS) is 30.1. The van der Waals surface area contributed by atoms with Gasteiger partial charge in [-0.05, 0) is 80.6 Å². The molecule has 6 atom stereocenters. The van der Waals surface area contributed by atoms with Gasteiger partial charge in [0.25, 0.3) is 0 Å². The Bertz CT molecular complexity index is 1580. The summed E-state index contributed by atoms with van der Waals surface area (Å²) in [5.74, 6) is -10.1. The van der Waals surface area contributed by atoms with Crippen molar-refractivity contribution < 1.29 is 38.9 Å². The van der Waals surface area contributed by atoms with Crippen LogP contribution in [0.5, 0.6) is 11.5 Å². The number of likely N-dealkylation sites (N-methyl/N-ethyl adjacent to an activating group) is 1. The number of hydrogen-bond donors (Lipinski definition) is 4. The highest BCUT2D eigenvalue weighted by Gasteiger charge is 2.69. The number of rotatable bonds is 7. The largest absolute Gasteiger partial charge is 0.507 e. The van der Waals surface area contributed by atoms with Gasteiger partial charge < -0.3 is 26.0 Å². The molecule has 0 heterocycles. The number of nitrogens with one attached hydrogen (secondary N) is 1. The Morgan fingerprint density at radius 3 is 2.44 bits per heavy atom. The molecule has 0 bridgehead atoms. The van der Waals surface area contributed by atoms with Gasteiger partial charge in [0.05, 0.1) is 24.6 Å². The predicted octanol–water partition coefficient (Wildman–Crippen LogP) is 0.795. The number of hydrogen-bond acceptors (Lipinski definition) is 10. The molecule has 2 unspecified atom stereocenters. The van der Waals surface area contributed by atoms with Gasteiger partial charge in [-0.25, -0.2) is 0 Å². The lowest BCUT2D eigenvalue weighted by Crippen LogP contribution is -2.74. The summed E-state index contributed by atoms with van der Waals surface area (Å²) in [6.07, 6.45) is 2.44. The molecule has 0 aromatic heterocycles. The number of Topliss-reactive ketones (excluding diaryl/α,β-unsaturated/α-hetero) is 4. The van der Waals surface area contributed by atoms with Crippen LogP contribution in [0.4, 0.5) is 0 Å². The van der Waals surface area contributed by atoms with Crippen LogP contribution in [0.2, 0.25) is 0 Å². The van der Waals surface area contributed by atoms with Gasteiger partial charge in [-0.1, -0.05) is 12.1 Å². The summed E-state index contributed by atoms with van der Waals surface area (Å²) in [5.41, 5.74) is 5.50. The van der Waals surface area contributed by atoms with Gasteiger partial charge in [-0.2, -0.15) is 0 Å². The first-order valence-corrected chi connectivity index (χ1v) is 14.5. The van der Waals surface area contributed by atoms with Crippen LogP contribution in [0, 0.1) is 23.7 Å². The number of phenolic OH excluding ortho intramolecular Hbond substituents is 1. The van der Waals surface area contributed by atoms with Gasteiger partial charge in [-0.3, -0.25) is 28.9 Å². The maximum atomic E-state index is 14.1. The van der Waals surface area contributed by atoms with Crippen molar-refractivity contribution >= 4 is 29.0 Å². The van der Waals surface area contributed by atoms with Crippen LogP contribution in [0.3, 0.4) is 0 Å². The molecular weight excluding hydrogens is 554 g/mol. The highest BCUT2D eigenvalue weighted by atomic mass is 16.5. The summed E-state index contributed by atoms with van der Waals surface area (Å²) in [6, 6.07) is 8.25. The SMILES string of the molecule is COc1ccc(CNC2CC2)cc1-c1ccc(O)c2c1C[C@H]1C[C@H]3[C@H](N(C)C)C(=O)C(C(N)=O)C(=O)[C@@]3(O)C(=O)C1C2=O. The molecule has 3 fully saturated rings. The Kier molecular flexibility index (Phi) is 7.02. The lowest BCUT2D eigenvalue weighted by Gasteiger charge is -2.52. The molecule has 4 aliphatic carbocycles. The Morgan fingerprint density at radius 2 is 1.81 bits per heavy atom. The fourth-order valence-electron chi connectivity index (χ4n) is 7.48. The number of carbonyl (C=O) groups is 5. The highest BCUT2D eigenvalue weighted by Crippen LogP contribution is 2.52. The second-order valence-electron chi connectivity index (χ2n) is 12.5. The van der Waals surface area contributed by atoms with Crippen molar-refractivity contribution in [1.82, 2.24) is 10.2 Å². The van der Waals surface area contributed by atoms with E-state index in [0.717, 1.165) is 24.0 Å². The maximum Gasteiger partial charge on any atom is 0.235 e. The van der Waals surface area contributed by atoms with E-state index in [9.17, 15) is 34.2 Å². The van der Waals surface area contributed by atoms with Gasteiger partial charge in [0.15, 0.2) is 34.7 Å². The Balaban J connectivity index is 1.45. The number of fused-ring (bicyclic) bond motifs is 3. The van der Waals surface area contributed by atoms with Gasteiger partial charge in [0.1, 0.15) is 11.5 Å². The van der Waals surface area contributed by atoms with Crippen molar-refractivity contribution in [2.75, 3.05) is 21.2 Å². The Morgan fingerprint density at radius 1 is 1.09 bits per heavy atom. The number of aliphatic hydroxyl groups is 1. The van der Waals surface area contributed by atoms with E-state index in [1.165, 1.54) is 11.0 Å². The Hall–Kier alpha value is -3.93. The smallest absolute Gasteiger partial charge is 0.235 e. The molecule has 0 saturated heterocycles. The van der Waals surface area contributed by atoms with Crippen LogP contribution in [0.25, 0.3) is 11.1 Å². The number of amides is 1. The van der Waals surface area contributed by atoms with Crippen molar-refractivity contribution in [2.24, 2.45) is 29.4 Å². The van der Waals surface area contributed by atoms with E-state index in [4.69, 9.17) is 10.5 Å². The molecule has 5 N–H and O–H groups in total. The van der Waals surface area contributed by atoms with E-state index in [1.807, 2.05) is 18.2 Å². The van der Waals surface area contributed by atoms with E-state index < -0.39 is 64.4 Å². The first-order chi connectivity index (χ1) is 20.4. The number of nitrogens with two attached hydrogens (primary N) is 1. The van der Waals surface area contributed by atoms with Crippen molar-refractivity contribution in [3.63, 3.8) is 0 Å². The van der Waals surface area contributed by atoms with Gasteiger partial charge in [0.2, 0.25) is 5.91 Å². The summed E-state index contributed by atoms with van der Waals surface area (Å²) in [7, 11) is 4.66. The maximum absolute atomic E-state index is 14.1. The number of benzene rings is 2. The van der Waals surface area contributed by atoms with Gasteiger partial charge >= 0.3 is 0 Å². The molecule has 1 amide bonds. The van der Waals surface area contributed by atoms with E-state index >= 15 is 0 Å². The predicted molar refractivity (Wildman–Crippen MR) is 153 cm³/mol. The number of carbonyl (C=O) groups excluding carboxylic acids is 5. The van der Waals surface area contributed by atoms with E-state index in [0.29, 0.717) is 29.5 Å². The molecule has 11 nitrogen and oxygen atoms in total. The zero-order chi connectivity index (χ0) is 31.0. The molecule has 0 spiro atoms. The zero-order valence-electron chi connectivity index (χ0n) is 24.3. The van der Waals surface area contributed by atoms with Gasteiger partial charge in [-0.15, -0.1) is 0 Å². The monoisotopic (exact) mass is 589 g/mol. The number of aromatic hydroxyl groups is 1. The second-order valence-corrected chi connectivity index (χ2v) is 12.5. The molecule has 3 saturated carbocycles. The fraction of sp³-hybridized carbons (Fsp3) is 0.469. The van der Waals surface area contributed by atoms with E-state index in [-0.39, 0.29) is 24.2 Å². The second kappa shape index (κ2) is 10.4. The van der Waals surface area contributed by atoms with E-state index in [1.54, 1.807) is 27.3 Å². The molecule has 4 aliphatic rings. The van der Waals surface area contributed by atoms with Crippen LogP contribution in [0.15, 0.2) is 30.3 Å². The average molecular weight is 590 g/mol. The molecule has 0 aliphatic heterocycles. The molecule has 0 radical (unpaired) electrons. The summed E-state index contributed by atoms with van der Waals surface area (Å²) < 4.78 is 5.67. The molecule has 43 heavy (non-hydrogen) atoms. The number of ether oxygens (including phenoxy) is 1. The third kappa shape index (κ3) is 4.40. The summed E-state index contributed by atoms with van der Waals surface area (Å²) in [4.78, 5) is 68.6. The quantitative estimate of drug-likeness (QED) is 0.338. The number of ketones is 4. The first kappa shape index (κ1) is 29.2. The van der Waals surface area contributed by atoms with Crippen molar-refractivity contribution in [3.05, 3.63) is 47.0 Å². The molecule has 226 valence electrons. The summed E-state index contributed by atoms with van der Waals surface area (Å²) in [6.45, 7) is 0.653. The third-order valence-electron chi connectivity index (χ3n) is 9.67. The molecule has 2 aromatic carbocycles. The molecule has 2 aromatic rings.